The SMILES string of the molecule is Cc1cccc(OCCCNC(=O)N2CCN(c3cccc(Cl)c3)CC2)c1. The Kier molecular flexibility index (Phi) is 6.82. The number of carbonyl (C=O) groups excluding carboxylic acids is 1. The fraction of sp³-hybridized carbons (Fsp3) is 0.381. The van der Waals surface area contributed by atoms with Crippen LogP contribution < -0.4 is 15.0 Å². The van der Waals surface area contributed by atoms with Gasteiger partial charge in [0, 0.05) is 43.4 Å². The number of benzene rings is 2. The molecule has 1 aliphatic rings. The lowest BCUT2D eigenvalue weighted by Gasteiger charge is -2.36. The summed E-state index contributed by atoms with van der Waals surface area (Å²) in [4.78, 5) is 16.4. The lowest BCUT2D eigenvalue weighted by molar-refractivity contribution is 0.193. The second kappa shape index (κ2) is 9.51. The highest BCUT2D eigenvalue weighted by molar-refractivity contribution is 6.30. The van der Waals surface area contributed by atoms with Gasteiger partial charge in [-0.25, -0.2) is 4.79 Å². The summed E-state index contributed by atoms with van der Waals surface area (Å²) in [5.41, 5.74) is 2.29. The monoisotopic (exact) mass is 387 g/mol. The number of halogens is 1. The number of piperazine rings is 1. The van der Waals surface area contributed by atoms with E-state index >= 15 is 0 Å². The molecule has 0 aliphatic carbocycles. The van der Waals surface area contributed by atoms with E-state index < -0.39 is 0 Å². The molecular weight excluding hydrogens is 362 g/mol. The molecule has 144 valence electrons. The van der Waals surface area contributed by atoms with Gasteiger partial charge in [-0.15, -0.1) is 0 Å². The van der Waals surface area contributed by atoms with Crippen molar-refractivity contribution in [3.63, 3.8) is 0 Å². The molecule has 0 bridgehead atoms. The maximum atomic E-state index is 12.3. The average Bonchev–Trinajstić information content (AvgIpc) is 2.68. The summed E-state index contributed by atoms with van der Waals surface area (Å²) in [6.45, 7) is 6.27. The standard InChI is InChI=1S/C21H26ClN3O2/c1-17-5-2-8-20(15-17)27-14-4-9-23-21(26)25-12-10-24(11-13-25)19-7-3-6-18(22)16-19/h2-3,5-8,15-16H,4,9-14H2,1H3,(H,23,26). The van der Waals surface area contributed by atoms with Gasteiger partial charge in [-0.2, -0.15) is 0 Å². The molecule has 2 aromatic rings. The second-order valence-electron chi connectivity index (χ2n) is 6.70. The molecule has 3 rings (SSSR count). The Labute approximate surface area is 165 Å². The maximum Gasteiger partial charge on any atom is 0.317 e. The molecule has 2 amide bonds. The maximum absolute atomic E-state index is 12.3. The summed E-state index contributed by atoms with van der Waals surface area (Å²) in [5.74, 6) is 0.874. The molecular formula is C21H26ClN3O2. The highest BCUT2D eigenvalue weighted by Crippen LogP contribution is 2.20. The Morgan fingerprint density at radius 3 is 2.63 bits per heavy atom. The van der Waals surface area contributed by atoms with E-state index in [1.807, 2.05) is 54.3 Å². The molecule has 0 atom stereocenters. The molecule has 1 saturated heterocycles. The summed E-state index contributed by atoms with van der Waals surface area (Å²) in [6.07, 6.45) is 0.780. The van der Waals surface area contributed by atoms with Crippen LogP contribution in [0.2, 0.25) is 5.02 Å². The third-order valence-corrected chi connectivity index (χ3v) is 4.83. The van der Waals surface area contributed by atoms with Gasteiger partial charge in [0.2, 0.25) is 0 Å². The smallest absolute Gasteiger partial charge is 0.317 e. The topological polar surface area (TPSA) is 44.8 Å². The molecule has 0 unspecified atom stereocenters. The van der Waals surface area contributed by atoms with Crippen molar-refractivity contribution in [2.75, 3.05) is 44.2 Å². The molecule has 5 nitrogen and oxygen atoms in total. The number of nitrogens with zero attached hydrogens (tertiary/aromatic N) is 2. The molecule has 1 heterocycles. The Bertz CT molecular complexity index is 761. The average molecular weight is 388 g/mol. The zero-order valence-corrected chi connectivity index (χ0v) is 16.4. The zero-order chi connectivity index (χ0) is 19.1. The summed E-state index contributed by atoms with van der Waals surface area (Å²) < 4.78 is 5.70. The van der Waals surface area contributed by atoms with Crippen LogP contribution in [0.25, 0.3) is 0 Å². The Hall–Kier alpha value is -2.40. The van der Waals surface area contributed by atoms with Crippen LogP contribution in [0.1, 0.15) is 12.0 Å². The highest BCUT2D eigenvalue weighted by Gasteiger charge is 2.21. The van der Waals surface area contributed by atoms with Crippen LogP contribution in [0.15, 0.2) is 48.5 Å². The van der Waals surface area contributed by atoms with Gasteiger partial charge in [0.05, 0.1) is 6.61 Å². The molecule has 2 aromatic carbocycles. The quantitative estimate of drug-likeness (QED) is 0.763. The van der Waals surface area contributed by atoms with Crippen molar-refractivity contribution in [2.45, 2.75) is 13.3 Å². The van der Waals surface area contributed by atoms with Crippen LogP contribution in [-0.4, -0.2) is 50.3 Å². The van der Waals surface area contributed by atoms with Crippen LogP contribution in [0, 0.1) is 6.92 Å². The Morgan fingerprint density at radius 2 is 1.89 bits per heavy atom. The number of carbonyl (C=O) groups is 1. The summed E-state index contributed by atoms with van der Waals surface area (Å²) in [7, 11) is 0. The van der Waals surface area contributed by atoms with Crippen molar-refractivity contribution in [3.8, 4) is 5.75 Å². The predicted octanol–water partition coefficient (Wildman–Crippen LogP) is 3.95. The number of anilines is 1. The second-order valence-corrected chi connectivity index (χ2v) is 7.14. The molecule has 1 aliphatic heterocycles. The predicted molar refractivity (Wildman–Crippen MR) is 110 cm³/mol. The van der Waals surface area contributed by atoms with Crippen molar-refractivity contribution in [3.05, 3.63) is 59.1 Å². The van der Waals surface area contributed by atoms with E-state index in [9.17, 15) is 4.79 Å². The van der Waals surface area contributed by atoms with Crippen LogP contribution in [-0.2, 0) is 0 Å². The van der Waals surface area contributed by atoms with E-state index in [1.165, 1.54) is 5.56 Å². The van der Waals surface area contributed by atoms with Crippen molar-refractivity contribution in [1.29, 1.82) is 0 Å². The van der Waals surface area contributed by atoms with Crippen LogP contribution in [0.4, 0.5) is 10.5 Å². The molecule has 0 saturated carbocycles. The number of urea groups is 1. The Morgan fingerprint density at radius 1 is 1.11 bits per heavy atom. The fourth-order valence-electron chi connectivity index (χ4n) is 3.12. The highest BCUT2D eigenvalue weighted by atomic mass is 35.5. The van der Waals surface area contributed by atoms with Crippen molar-refractivity contribution in [1.82, 2.24) is 10.2 Å². The van der Waals surface area contributed by atoms with E-state index in [1.54, 1.807) is 0 Å². The Balaban J connectivity index is 1.33. The summed E-state index contributed by atoms with van der Waals surface area (Å²) in [6, 6.07) is 15.8. The first-order valence-corrected chi connectivity index (χ1v) is 9.72. The minimum atomic E-state index is -0.00343. The minimum absolute atomic E-state index is 0.00343. The van der Waals surface area contributed by atoms with Gasteiger partial charge in [0.25, 0.3) is 0 Å². The van der Waals surface area contributed by atoms with Crippen LogP contribution >= 0.6 is 11.6 Å². The van der Waals surface area contributed by atoms with E-state index in [-0.39, 0.29) is 6.03 Å². The van der Waals surface area contributed by atoms with Crippen molar-refractivity contribution >= 4 is 23.3 Å². The van der Waals surface area contributed by atoms with Gasteiger partial charge in [0.1, 0.15) is 5.75 Å². The number of nitrogens with one attached hydrogen (secondary N) is 1. The third kappa shape index (κ3) is 5.79. The third-order valence-electron chi connectivity index (χ3n) is 4.60. The van der Waals surface area contributed by atoms with Gasteiger partial charge < -0.3 is 19.9 Å². The van der Waals surface area contributed by atoms with Gasteiger partial charge in [-0.1, -0.05) is 29.8 Å². The normalized spacial score (nSPS) is 14.1. The number of ether oxygens (including phenoxy) is 1. The lowest BCUT2D eigenvalue weighted by Crippen LogP contribution is -2.52. The summed E-state index contributed by atoms with van der Waals surface area (Å²) >= 11 is 6.06. The van der Waals surface area contributed by atoms with Gasteiger partial charge in [0.15, 0.2) is 0 Å². The molecule has 27 heavy (non-hydrogen) atoms. The first kappa shape index (κ1) is 19.4. The number of aryl methyl sites for hydroxylation is 1. The van der Waals surface area contributed by atoms with Crippen LogP contribution in [0.3, 0.4) is 0 Å². The zero-order valence-electron chi connectivity index (χ0n) is 15.7. The molecule has 1 fully saturated rings. The van der Waals surface area contributed by atoms with Gasteiger partial charge in [-0.05, 0) is 49.2 Å². The van der Waals surface area contributed by atoms with E-state index in [2.05, 4.69) is 16.3 Å². The molecule has 6 heteroatoms. The van der Waals surface area contributed by atoms with Crippen LogP contribution in [0.5, 0.6) is 5.75 Å². The van der Waals surface area contributed by atoms with E-state index in [0.29, 0.717) is 26.2 Å². The van der Waals surface area contributed by atoms with E-state index in [4.69, 9.17) is 16.3 Å². The minimum Gasteiger partial charge on any atom is -0.494 e. The number of amides is 2. The number of hydrogen-bond donors (Lipinski definition) is 1. The summed E-state index contributed by atoms with van der Waals surface area (Å²) in [5, 5.41) is 3.72. The van der Waals surface area contributed by atoms with Crippen molar-refractivity contribution < 1.29 is 9.53 Å². The molecule has 0 aromatic heterocycles. The lowest BCUT2D eigenvalue weighted by atomic mass is 10.2. The first-order chi connectivity index (χ1) is 13.1. The first-order valence-electron chi connectivity index (χ1n) is 9.34. The fourth-order valence-corrected chi connectivity index (χ4v) is 3.30. The van der Waals surface area contributed by atoms with Crippen molar-refractivity contribution in [2.24, 2.45) is 0 Å². The molecule has 1 N–H and O–H groups in total. The van der Waals surface area contributed by atoms with Gasteiger partial charge >= 0.3 is 6.03 Å². The number of rotatable bonds is 6. The van der Waals surface area contributed by atoms with Gasteiger partial charge in [-0.3, -0.25) is 0 Å². The molecule has 0 spiro atoms. The number of hydrogen-bond acceptors (Lipinski definition) is 3. The largest absolute Gasteiger partial charge is 0.494 e. The molecule has 0 radical (unpaired) electrons. The van der Waals surface area contributed by atoms with E-state index in [0.717, 1.165) is 36.0 Å².